The largest absolute Gasteiger partial charge is 0.494 e. The Morgan fingerprint density at radius 2 is 1.97 bits per heavy atom. The minimum atomic E-state index is -3.35. The Balaban J connectivity index is 1.81. The number of ether oxygens (including phenoxy) is 1. The predicted molar refractivity (Wildman–Crippen MR) is 111 cm³/mol. The molecule has 172 valence electrons. The Hall–Kier alpha value is -3.27. The summed E-state index contributed by atoms with van der Waals surface area (Å²) in [5.74, 6) is -3.96. The van der Waals surface area contributed by atoms with Crippen molar-refractivity contribution in [3.05, 3.63) is 65.0 Å². The molecule has 0 aromatic carbocycles. The molecule has 1 aromatic heterocycles. The summed E-state index contributed by atoms with van der Waals surface area (Å²) >= 11 is 0. The molecule has 0 radical (unpaired) electrons. The molecule has 0 aliphatic heterocycles. The molecular formula is C22H27F2N4O4+. The maximum atomic E-state index is 13.7. The maximum Gasteiger partial charge on any atom is 0.332 e. The monoisotopic (exact) mass is 449 g/mol. The molecule has 8 nitrogen and oxygen atoms in total. The second kappa shape index (κ2) is 9.47. The van der Waals surface area contributed by atoms with Crippen molar-refractivity contribution in [1.29, 1.82) is 5.41 Å². The van der Waals surface area contributed by atoms with Crippen LogP contribution in [-0.2, 0) is 10.7 Å². The number of nitrogens with zero attached hydrogens (tertiary/aromatic N) is 1. The fraction of sp³-hybridized carbons (Fsp3) is 0.409. The van der Waals surface area contributed by atoms with Gasteiger partial charge in [0.1, 0.15) is 5.76 Å². The van der Waals surface area contributed by atoms with Crippen molar-refractivity contribution in [1.82, 2.24) is 10.6 Å². The average Bonchev–Trinajstić information content (AvgIpc) is 2.74. The molecule has 1 amide bonds. The minimum Gasteiger partial charge on any atom is -0.494 e. The zero-order valence-electron chi connectivity index (χ0n) is 17.9. The van der Waals surface area contributed by atoms with Gasteiger partial charge in [0.25, 0.3) is 0 Å². The number of amides is 1. The molecule has 0 spiro atoms. The number of methoxy groups -OCH3 is 1. The van der Waals surface area contributed by atoms with Gasteiger partial charge in [-0.05, 0) is 37.8 Å². The third kappa shape index (κ3) is 5.31. The van der Waals surface area contributed by atoms with E-state index in [-0.39, 0.29) is 39.7 Å². The van der Waals surface area contributed by atoms with Crippen molar-refractivity contribution in [2.75, 3.05) is 7.11 Å². The quantitative estimate of drug-likeness (QED) is 0.337. The molecule has 0 saturated heterocycles. The van der Waals surface area contributed by atoms with E-state index in [1.165, 1.54) is 31.4 Å². The van der Waals surface area contributed by atoms with Crippen LogP contribution >= 0.6 is 0 Å². The van der Waals surface area contributed by atoms with Gasteiger partial charge in [-0.1, -0.05) is 0 Å². The summed E-state index contributed by atoms with van der Waals surface area (Å²) in [6.45, 7) is 0.620. The lowest BCUT2D eigenvalue weighted by atomic mass is 9.93. The minimum absolute atomic E-state index is 0.159. The highest BCUT2D eigenvalue weighted by molar-refractivity contribution is 6.10. The topological polar surface area (TPSA) is 119 Å². The third-order valence-electron chi connectivity index (χ3n) is 5.44. The Morgan fingerprint density at radius 3 is 2.59 bits per heavy atom. The standard InChI is InChI=1S/C22H26F2N4O4/c1-22(23,24)20-5-3-4-18(28(20)31)21(30)27-17-10-13(16(25)11-19(17)32-2)12-26-14-6-8-15(29)9-7-14/h3-5,10-12,14-15,25,29-31H,6-9H2,1-2H3/p+1/t14-,15-. The molecule has 2 aliphatic carbocycles. The van der Waals surface area contributed by atoms with Crippen molar-refractivity contribution < 1.29 is 33.4 Å². The lowest BCUT2D eigenvalue weighted by molar-refractivity contribution is -0.914. The van der Waals surface area contributed by atoms with Crippen LogP contribution in [0.15, 0.2) is 53.6 Å². The molecule has 3 rings (SSSR count). The van der Waals surface area contributed by atoms with Gasteiger partial charge >= 0.3 is 23.2 Å². The molecule has 0 unspecified atom stereocenters. The van der Waals surface area contributed by atoms with Crippen molar-refractivity contribution in [2.24, 2.45) is 0 Å². The van der Waals surface area contributed by atoms with Gasteiger partial charge in [-0.15, -0.1) is 0 Å². The van der Waals surface area contributed by atoms with E-state index in [0.717, 1.165) is 18.9 Å². The van der Waals surface area contributed by atoms with E-state index in [4.69, 9.17) is 10.1 Å². The average molecular weight is 449 g/mol. The molecule has 1 heterocycles. The number of hydrogen-bond donors (Lipinski definition) is 5. The molecule has 10 heteroatoms. The number of aromatic nitrogens is 1. The number of pyridine rings is 1. The van der Waals surface area contributed by atoms with Crippen molar-refractivity contribution in [3.63, 3.8) is 0 Å². The van der Waals surface area contributed by atoms with Crippen LogP contribution in [0.3, 0.4) is 0 Å². The SMILES string of the molecule is COC1=CC(=N)/C(=C\N[C@H]2CC[C@H](O)CC2)C=C1NC(=O)c1cccc(C(C)(F)F)[n+]1O. The second-order valence-electron chi connectivity index (χ2n) is 7.91. The van der Waals surface area contributed by atoms with Gasteiger partial charge in [-0.25, -0.2) is 0 Å². The Bertz CT molecular complexity index is 990. The Kier molecular flexibility index (Phi) is 6.93. The van der Waals surface area contributed by atoms with Crippen molar-refractivity contribution in [2.45, 2.75) is 50.7 Å². The fourth-order valence-electron chi connectivity index (χ4n) is 3.62. The molecule has 5 N–H and O–H groups in total. The van der Waals surface area contributed by atoms with E-state index in [1.807, 2.05) is 0 Å². The third-order valence-corrected chi connectivity index (χ3v) is 5.44. The summed E-state index contributed by atoms with van der Waals surface area (Å²) in [4.78, 5) is 12.7. The van der Waals surface area contributed by atoms with Gasteiger partial charge in [0.15, 0.2) is 0 Å². The van der Waals surface area contributed by atoms with Crippen LogP contribution in [0.25, 0.3) is 0 Å². The molecular weight excluding hydrogens is 422 g/mol. The fourth-order valence-corrected chi connectivity index (χ4v) is 3.62. The summed E-state index contributed by atoms with van der Waals surface area (Å²) in [5, 5.41) is 33.8. The number of alkyl halides is 2. The highest BCUT2D eigenvalue weighted by Gasteiger charge is 2.39. The zero-order chi connectivity index (χ0) is 23.5. The number of carbonyl (C=O) groups is 1. The van der Waals surface area contributed by atoms with E-state index in [2.05, 4.69) is 10.6 Å². The molecule has 1 aromatic rings. The van der Waals surface area contributed by atoms with Gasteiger partial charge in [0.2, 0.25) is 0 Å². The smallest absolute Gasteiger partial charge is 0.332 e. The van der Waals surface area contributed by atoms with Crippen LogP contribution in [-0.4, -0.2) is 41.2 Å². The number of aliphatic hydroxyl groups excluding tert-OH is 1. The number of halogens is 2. The molecule has 32 heavy (non-hydrogen) atoms. The maximum absolute atomic E-state index is 13.7. The number of carbonyl (C=O) groups excluding carboxylic acids is 1. The van der Waals surface area contributed by atoms with E-state index in [1.54, 1.807) is 6.20 Å². The number of rotatable bonds is 6. The predicted octanol–water partition coefficient (Wildman–Crippen LogP) is 2.28. The van der Waals surface area contributed by atoms with Crippen LogP contribution < -0.4 is 15.4 Å². The van der Waals surface area contributed by atoms with Crippen LogP contribution in [0, 0.1) is 5.41 Å². The number of allylic oxidation sites excluding steroid dienone is 3. The molecule has 2 aliphatic rings. The molecule has 1 saturated carbocycles. The Morgan fingerprint density at radius 1 is 1.28 bits per heavy atom. The van der Waals surface area contributed by atoms with E-state index in [9.17, 15) is 23.9 Å². The van der Waals surface area contributed by atoms with Crippen LogP contribution in [0.4, 0.5) is 8.78 Å². The highest BCUT2D eigenvalue weighted by Crippen LogP contribution is 2.24. The number of nitrogens with one attached hydrogen (secondary N) is 3. The van der Waals surface area contributed by atoms with Gasteiger partial charge in [-0.3, -0.25) is 10.0 Å². The summed E-state index contributed by atoms with van der Waals surface area (Å²) in [7, 11) is 1.38. The van der Waals surface area contributed by atoms with E-state index >= 15 is 0 Å². The van der Waals surface area contributed by atoms with Crippen LogP contribution in [0.1, 0.15) is 48.8 Å². The van der Waals surface area contributed by atoms with Gasteiger partial charge in [0.05, 0.1) is 24.6 Å². The molecule has 0 bridgehead atoms. The Labute approximate surface area is 184 Å². The number of hydrogen-bond acceptors (Lipinski definition) is 6. The lowest BCUT2D eigenvalue weighted by Crippen LogP contribution is -2.47. The van der Waals surface area contributed by atoms with E-state index < -0.39 is 17.5 Å². The van der Waals surface area contributed by atoms with Gasteiger partial charge in [0, 0.05) is 47.7 Å². The summed E-state index contributed by atoms with van der Waals surface area (Å²) in [6.07, 6.45) is 7.38. The van der Waals surface area contributed by atoms with Crippen LogP contribution in [0.5, 0.6) is 0 Å². The molecule has 1 fully saturated rings. The first-order chi connectivity index (χ1) is 15.1. The normalized spacial score (nSPS) is 22.8. The highest BCUT2D eigenvalue weighted by atomic mass is 19.3. The first kappa shape index (κ1) is 23.4. The second-order valence-corrected chi connectivity index (χ2v) is 7.91. The van der Waals surface area contributed by atoms with Crippen LogP contribution in [0.2, 0.25) is 0 Å². The van der Waals surface area contributed by atoms with Crippen molar-refractivity contribution >= 4 is 11.6 Å². The van der Waals surface area contributed by atoms with E-state index in [0.29, 0.717) is 25.3 Å². The zero-order valence-corrected chi connectivity index (χ0v) is 17.9. The van der Waals surface area contributed by atoms with Crippen molar-refractivity contribution in [3.8, 4) is 0 Å². The van der Waals surface area contributed by atoms with Gasteiger partial charge in [-0.2, -0.15) is 8.78 Å². The number of aliphatic hydroxyl groups is 1. The molecule has 0 atom stereocenters. The van der Waals surface area contributed by atoms with Gasteiger partial charge < -0.3 is 25.9 Å². The lowest BCUT2D eigenvalue weighted by Gasteiger charge is -2.26. The first-order valence-electron chi connectivity index (χ1n) is 10.2. The summed E-state index contributed by atoms with van der Waals surface area (Å²) < 4.78 is 32.8. The summed E-state index contributed by atoms with van der Waals surface area (Å²) in [6, 6.07) is 3.66. The summed E-state index contributed by atoms with van der Waals surface area (Å²) in [5.41, 5.74) is -0.250. The first-order valence-corrected chi connectivity index (χ1v) is 10.2.